The fraction of sp³-hybridized carbons (Fsp3) is 0.667. The number of nitrogens with two attached hydrogens (primary N) is 1. The van der Waals surface area contributed by atoms with Gasteiger partial charge in [0.1, 0.15) is 18.1 Å². The zero-order valence-corrected chi connectivity index (χ0v) is 15.1. The molecule has 0 bridgehead atoms. The summed E-state index contributed by atoms with van der Waals surface area (Å²) in [6.45, 7) is 2.18. The molecule has 0 radical (unpaired) electrons. The lowest BCUT2D eigenvalue weighted by atomic mass is 9.97. The predicted octanol–water partition coefficient (Wildman–Crippen LogP) is -3.00. The van der Waals surface area contributed by atoms with Gasteiger partial charge in [-0.2, -0.15) is 0 Å². The van der Waals surface area contributed by atoms with E-state index in [1.165, 1.54) is 0 Å². The Kier molecular flexibility index (Phi) is 10.6. The lowest BCUT2D eigenvalue weighted by molar-refractivity contribution is -0.147. The van der Waals surface area contributed by atoms with Gasteiger partial charge in [-0.05, 0) is 5.92 Å². The van der Waals surface area contributed by atoms with E-state index in [-0.39, 0.29) is 0 Å². The molecule has 0 aromatic rings. The first-order valence-electron chi connectivity index (χ1n) is 8.22. The number of hydrogen-bond donors (Lipinski definition) is 7. The van der Waals surface area contributed by atoms with Crippen LogP contribution in [0.4, 0.5) is 0 Å². The summed E-state index contributed by atoms with van der Waals surface area (Å²) in [5, 5.41) is 33.6. The van der Waals surface area contributed by atoms with Crippen molar-refractivity contribution in [2.24, 2.45) is 11.7 Å². The second-order valence-electron chi connectivity index (χ2n) is 5.88. The Balaban J connectivity index is 5.27. The first kappa shape index (κ1) is 24.3. The van der Waals surface area contributed by atoms with E-state index in [0.717, 1.165) is 0 Å². The van der Waals surface area contributed by atoms with Crippen molar-refractivity contribution in [1.29, 1.82) is 0 Å². The molecule has 0 aliphatic carbocycles. The Morgan fingerprint density at radius 1 is 0.963 bits per heavy atom. The summed E-state index contributed by atoms with van der Waals surface area (Å²) in [7, 11) is 0. The summed E-state index contributed by atoms with van der Waals surface area (Å²) in [5.74, 6) is -5.86. The van der Waals surface area contributed by atoms with Crippen LogP contribution in [-0.2, 0) is 24.0 Å². The van der Waals surface area contributed by atoms with E-state index in [0.29, 0.717) is 6.42 Å². The second-order valence-corrected chi connectivity index (χ2v) is 5.88. The van der Waals surface area contributed by atoms with Gasteiger partial charge in [-0.3, -0.25) is 19.2 Å². The Hall–Kier alpha value is -2.73. The van der Waals surface area contributed by atoms with E-state index in [9.17, 15) is 29.1 Å². The number of carbonyl (C=O) groups excluding carboxylic acids is 3. The second kappa shape index (κ2) is 11.8. The number of aliphatic hydroxyl groups is 1. The molecule has 4 unspecified atom stereocenters. The van der Waals surface area contributed by atoms with Crippen LogP contribution in [0.15, 0.2) is 0 Å². The van der Waals surface area contributed by atoms with Crippen molar-refractivity contribution in [3.05, 3.63) is 0 Å². The number of carboxylic acids is 2. The van der Waals surface area contributed by atoms with E-state index in [4.69, 9.17) is 15.9 Å². The fourth-order valence-electron chi connectivity index (χ4n) is 2.04. The number of rotatable bonds is 12. The molecule has 4 atom stereocenters. The first-order chi connectivity index (χ1) is 12.6. The summed E-state index contributed by atoms with van der Waals surface area (Å²) in [5.41, 5.74) is 5.12. The number of hydrogen-bond acceptors (Lipinski definition) is 7. The molecule has 0 heterocycles. The van der Waals surface area contributed by atoms with Crippen molar-refractivity contribution in [3.8, 4) is 0 Å². The number of amides is 3. The average Bonchev–Trinajstić information content (AvgIpc) is 2.61. The highest BCUT2D eigenvalue weighted by molar-refractivity contribution is 5.94. The Bertz CT molecular complexity index is 568. The van der Waals surface area contributed by atoms with Gasteiger partial charge >= 0.3 is 11.9 Å². The Morgan fingerprint density at radius 3 is 1.96 bits per heavy atom. The monoisotopic (exact) mass is 390 g/mol. The zero-order valence-electron chi connectivity index (χ0n) is 15.1. The molecule has 12 heteroatoms. The van der Waals surface area contributed by atoms with Crippen molar-refractivity contribution in [2.75, 3.05) is 13.2 Å². The first-order valence-corrected chi connectivity index (χ1v) is 8.22. The van der Waals surface area contributed by atoms with E-state index < -0.39 is 73.3 Å². The van der Waals surface area contributed by atoms with Gasteiger partial charge in [-0.25, -0.2) is 4.79 Å². The van der Waals surface area contributed by atoms with Gasteiger partial charge in [0.2, 0.25) is 17.7 Å². The smallest absolute Gasteiger partial charge is 0.326 e. The minimum atomic E-state index is -1.68. The van der Waals surface area contributed by atoms with E-state index in [1.54, 1.807) is 13.8 Å². The fourth-order valence-corrected chi connectivity index (χ4v) is 2.04. The number of aliphatic carboxylic acids is 2. The molecule has 0 saturated carbocycles. The molecule has 0 aromatic heterocycles. The summed E-state index contributed by atoms with van der Waals surface area (Å²) < 4.78 is 0. The summed E-state index contributed by atoms with van der Waals surface area (Å²) in [4.78, 5) is 57.8. The largest absolute Gasteiger partial charge is 0.481 e. The van der Waals surface area contributed by atoms with Gasteiger partial charge < -0.3 is 37.0 Å². The number of nitrogens with one attached hydrogen (secondary N) is 3. The molecule has 0 fully saturated rings. The van der Waals surface area contributed by atoms with Crippen molar-refractivity contribution < 1.29 is 39.3 Å². The van der Waals surface area contributed by atoms with Crippen LogP contribution in [0.1, 0.15) is 26.7 Å². The van der Waals surface area contributed by atoms with Crippen molar-refractivity contribution in [1.82, 2.24) is 16.0 Å². The maximum atomic E-state index is 12.4. The zero-order chi connectivity index (χ0) is 21.1. The average molecular weight is 390 g/mol. The topological polar surface area (TPSA) is 208 Å². The summed E-state index contributed by atoms with van der Waals surface area (Å²) >= 11 is 0. The third kappa shape index (κ3) is 8.46. The van der Waals surface area contributed by atoms with Crippen molar-refractivity contribution in [3.63, 3.8) is 0 Å². The van der Waals surface area contributed by atoms with Gasteiger partial charge in [-0.1, -0.05) is 20.3 Å². The van der Waals surface area contributed by atoms with Crippen LogP contribution < -0.4 is 21.7 Å². The van der Waals surface area contributed by atoms with E-state index in [2.05, 4.69) is 16.0 Å². The molecule has 0 aliphatic heterocycles. The normalized spacial score (nSPS) is 15.0. The molecular formula is C15H26N4O8. The molecule has 0 aromatic carbocycles. The molecule has 0 saturated heterocycles. The standard InChI is InChI=1S/C15H26N4O8/c1-3-7(2)12(14(25)18-8(15(26)27)4-11(22)23)19-13(24)9(6-20)17-10(21)5-16/h7-9,12,20H,3-6,16H2,1-2H3,(H,17,21)(H,18,25)(H,19,24)(H,22,23)(H,26,27). The van der Waals surface area contributed by atoms with Crippen LogP contribution in [0.5, 0.6) is 0 Å². The van der Waals surface area contributed by atoms with Crippen molar-refractivity contribution >= 4 is 29.7 Å². The van der Waals surface area contributed by atoms with Gasteiger partial charge in [0.15, 0.2) is 0 Å². The van der Waals surface area contributed by atoms with Crippen LogP contribution in [0.2, 0.25) is 0 Å². The SMILES string of the molecule is CCC(C)C(NC(=O)C(CO)NC(=O)CN)C(=O)NC(CC(=O)O)C(=O)O. The molecule has 8 N–H and O–H groups in total. The van der Waals surface area contributed by atoms with Gasteiger partial charge in [0.05, 0.1) is 19.6 Å². The molecular weight excluding hydrogens is 364 g/mol. The summed E-state index contributed by atoms with van der Waals surface area (Å²) in [6, 6.07) is -4.24. The number of aliphatic hydroxyl groups excluding tert-OH is 1. The molecule has 3 amide bonds. The van der Waals surface area contributed by atoms with Crippen LogP contribution in [-0.4, -0.2) is 76.3 Å². The number of carbonyl (C=O) groups is 5. The lowest BCUT2D eigenvalue weighted by Crippen LogP contribution is -2.58. The Labute approximate surface area is 155 Å². The van der Waals surface area contributed by atoms with E-state index in [1.807, 2.05) is 0 Å². The molecule has 27 heavy (non-hydrogen) atoms. The van der Waals surface area contributed by atoms with Gasteiger partial charge in [-0.15, -0.1) is 0 Å². The predicted molar refractivity (Wildman–Crippen MR) is 91.3 cm³/mol. The van der Waals surface area contributed by atoms with Crippen LogP contribution in [0.25, 0.3) is 0 Å². The molecule has 0 aliphatic rings. The summed E-state index contributed by atoms with van der Waals surface area (Å²) in [6.07, 6.45) is -0.415. The third-order valence-electron chi connectivity index (χ3n) is 3.81. The van der Waals surface area contributed by atoms with Gasteiger partial charge in [0, 0.05) is 0 Å². The molecule has 0 spiro atoms. The van der Waals surface area contributed by atoms with Crippen LogP contribution >= 0.6 is 0 Å². The number of carboxylic acid groups (broad SMARTS) is 2. The third-order valence-corrected chi connectivity index (χ3v) is 3.81. The quantitative estimate of drug-likeness (QED) is 0.181. The molecule has 0 rings (SSSR count). The maximum absolute atomic E-state index is 12.4. The van der Waals surface area contributed by atoms with Crippen LogP contribution in [0.3, 0.4) is 0 Å². The molecule has 154 valence electrons. The maximum Gasteiger partial charge on any atom is 0.326 e. The highest BCUT2D eigenvalue weighted by Gasteiger charge is 2.32. The van der Waals surface area contributed by atoms with Crippen molar-refractivity contribution in [2.45, 2.75) is 44.8 Å². The Morgan fingerprint density at radius 2 is 1.56 bits per heavy atom. The minimum absolute atomic E-state index is 0.408. The lowest BCUT2D eigenvalue weighted by Gasteiger charge is -2.27. The highest BCUT2D eigenvalue weighted by Crippen LogP contribution is 2.09. The molecule has 12 nitrogen and oxygen atoms in total. The van der Waals surface area contributed by atoms with Crippen LogP contribution in [0, 0.1) is 5.92 Å². The highest BCUT2D eigenvalue weighted by atomic mass is 16.4. The van der Waals surface area contributed by atoms with Gasteiger partial charge in [0.25, 0.3) is 0 Å². The minimum Gasteiger partial charge on any atom is -0.481 e. The van der Waals surface area contributed by atoms with E-state index >= 15 is 0 Å².